The summed E-state index contributed by atoms with van der Waals surface area (Å²) in [7, 11) is 0. The number of benzene rings is 2. The van der Waals surface area contributed by atoms with Crippen molar-refractivity contribution in [2.75, 3.05) is 230 Å². The number of nitro groups is 4. The van der Waals surface area contributed by atoms with Crippen molar-refractivity contribution in [1.82, 2.24) is 36.3 Å². The number of rotatable bonds is 79. The molecule has 3 aromatic rings. The van der Waals surface area contributed by atoms with E-state index in [0.29, 0.717) is 268 Å². The van der Waals surface area contributed by atoms with Gasteiger partial charge in [-0.15, -0.1) is 11.5 Å². The van der Waals surface area contributed by atoms with Gasteiger partial charge >= 0.3 is 42.1 Å². The van der Waals surface area contributed by atoms with Crippen LogP contribution in [0.25, 0.3) is 10.4 Å². The summed E-state index contributed by atoms with van der Waals surface area (Å²) < 4.78 is 99.1. The topological polar surface area (TPSA) is 655 Å². The number of azide groups is 1. The van der Waals surface area contributed by atoms with E-state index in [1.165, 1.54) is 24.3 Å². The molecule has 0 unspecified atom stereocenters. The Balaban J connectivity index is 0.00000209. The van der Waals surface area contributed by atoms with Gasteiger partial charge in [0.15, 0.2) is 0 Å². The van der Waals surface area contributed by atoms with Crippen LogP contribution >= 0.6 is 0 Å². The first-order valence-electron chi connectivity index (χ1n) is 43.4. The molecule has 0 saturated carbocycles. The van der Waals surface area contributed by atoms with E-state index in [-0.39, 0.29) is 72.9 Å². The molecule has 3 rings (SSSR count). The maximum Gasteiger partial charge on any atom is 0.373 e. The Labute approximate surface area is 777 Å². The SMILES string of the molecule is C#CCOCCOCCOCCOCCOCCOCCOCCOCCNc1ccc([N+](=O)[O-])cc1[N+](=O)[O-].C[C@H](CCCCN=[N+]=[N-])NC(=O)N[C@@H](CCC(=O)OC(C)(C)C)C(=O)OC(C)(C)C.O=C(O)CC[C@H](NC(=O)NCCCCCn1cc(COCCOCCOCCOCCOCCOCCOCCOCCCc2ccc([N+](=O)[O-])cc2[N+](=O)[O-])nn1)C(=O)O.O=C=O. The largest absolute Gasteiger partial charge is 0.481 e. The second kappa shape index (κ2) is 81.6. The van der Waals surface area contributed by atoms with Gasteiger partial charge < -0.3 is 122 Å². The number of nitrogens with zero attached hydrogens (tertiary/aromatic N) is 10. The fourth-order valence-corrected chi connectivity index (χ4v) is 10.5. The van der Waals surface area contributed by atoms with Gasteiger partial charge in [0, 0.05) is 74.3 Å². The number of carbonyl (C=O) groups is 6. The van der Waals surface area contributed by atoms with Crippen LogP contribution in [0.15, 0.2) is 47.7 Å². The van der Waals surface area contributed by atoms with Gasteiger partial charge in [0.2, 0.25) is 0 Å². The summed E-state index contributed by atoms with van der Waals surface area (Å²) in [6.45, 7) is 27.2. The molecule has 0 saturated heterocycles. The summed E-state index contributed by atoms with van der Waals surface area (Å²) in [5, 5.41) is 86.4. The van der Waals surface area contributed by atoms with Crippen molar-refractivity contribution in [1.29, 1.82) is 0 Å². The third-order valence-corrected chi connectivity index (χ3v) is 16.6. The van der Waals surface area contributed by atoms with Crippen LogP contribution in [-0.2, 0) is 134 Å². The molecule has 1 aromatic heterocycles. The zero-order valence-corrected chi connectivity index (χ0v) is 77.5. The number of non-ortho nitro benzene ring substituents is 2. The van der Waals surface area contributed by atoms with Crippen molar-refractivity contribution in [3.63, 3.8) is 0 Å². The Morgan fingerprint density at radius 3 is 1.38 bits per heavy atom. The van der Waals surface area contributed by atoms with Crippen LogP contribution in [0.2, 0.25) is 0 Å². The van der Waals surface area contributed by atoms with Gasteiger partial charge in [0.1, 0.15) is 41.3 Å². The molecule has 51 heteroatoms. The third-order valence-electron chi connectivity index (χ3n) is 16.6. The normalized spacial score (nSPS) is 11.6. The third kappa shape index (κ3) is 74.4. The van der Waals surface area contributed by atoms with E-state index in [1.807, 2.05) is 6.92 Å². The highest BCUT2D eigenvalue weighted by molar-refractivity contribution is 5.85. The lowest BCUT2D eigenvalue weighted by Crippen LogP contribution is -2.50. The zero-order valence-electron chi connectivity index (χ0n) is 77.5. The minimum absolute atomic E-state index is 0.0313. The Morgan fingerprint density at radius 1 is 0.507 bits per heavy atom. The van der Waals surface area contributed by atoms with E-state index in [4.69, 9.17) is 117 Å². The monoisotopic (exact) mass is 1920 g/mol. The van der Waals surface area contributed by atoms with Crippen LogP contribution in [0.4, 0.5) is 38.0 Å². The Hall–Kier alpha value is -11.0. The molecule has 0 bridgehead atoms. The van der Waals surface area contributed by atoms with E-state index in [1.54, 1.807) is 52.4 Å². The molecule has 2 aromatic carbocycles. The van der Waals surface area contributed by atoms with Crippen LogP contribution in [0.3, 0.4) is 0 Å². The predicted molar refractivity (Wildman–Crippen MR) is 474 cm³/mol. The van der Waals surface area contributed by atoms with Gasteiger partial charge in [-0.05, 0) is 124 Å². The fraction of sp³-hybridized carbons (Fsp3) is 0.723. The molecule has 0 fully saturated rings. The van der Waals surface area contributed by atoms with Crippen molar-refractivity contribution in [2.24, 2.45) is 5.11 Å². The van der Waals surface area contributed by atoms with Gasteiger partial charge in [-0.3, -0.25) is 54.7 Å². The average Bonchev–Trinajstić information content (AvgIpc) is 1.04. The lowest BCUT2D eigenvalue weighted by Gasteiger charge is -2.25. The smallest absolute Gasteiger partial charge is 0.373 e. The van der Waals surface area contributed by atoms with Crippen molar-refractivity contribution < 1.29 is 154 Å². The molecular formula is C83H135N15O36. The lowest BCUT2D eigenvalue weighted by molar-refractivity contribution is -0.394. The van der Waals surface area contributed by atoms with E-state index in [0.717, 1.165) is 37.8 Å². The number of aliphatic carboxylic acids is 2. The predicted octanol–water partition coefficient (Wildman–Crippen LogP) is 7.23. The second-order valence-corrected chi connectivity index (χ2v) is 30.0. The number of nitrogens with one attached hydrogen (secondary N) is 5. The summed E-state index contributed by atoms with van der Waals surface area (Å²) in [5.74, 6) is -1.10. The van der Waals surface area contributed by atoms with E-state index in [9.17, 15) is 69.2 Å². The summed E-state index contributed by atoms with van der Waals surface area (Å²) in [6.07, 6.45) is 11.9. The highest BCUT2D eigenvalue weighted by Gasteiger charge is 2.30. The van der Waals surface area contributed by atoms with E-state index in [2.05, 4.69) is 52.8 Å². The van der Waals surface area contributed by atoms with Crippen LogP contribution in [0.5, 0.6) is 0 Å². The van der Waals surface area contributed by atoms with Crippen LogP contribution in [-0.4, -0.2) is 341 Å². The molecule has 0 aliphatic carbocycles. The number of nitro benzene ring substituents is 4. The molecule has 0 radical (unpaired) electrons. The molecule has 7 N–H and O–H groups in total. The number of unbranched alkanes of at least 4 members (excludes halogenated alkanes) is 3. The van der Waals surface area contributed by atoms with Crippen LogP contribution in [0, 0.1) is 52.8 Å². The van der Waals surface area contributed by atoms with Crippen LogP contribution in [0.1, 0.15) is 130 Å². The highest BCUT2D eigenvalue weighted by atomic mass is 16.7. The molecule has 758 valence electrons. The van der Waals surface area contributed by atoms with Crippen molar-refractivity contribution >= 4 is 70.5 Å². The standard InChI is InChI=1S/C37H59N7O17.C25H39N3O12.C20H37N5O5.CO2/c45-35(46)9-8-33(36(47)48)39-37(49)38-10-2-1-3-11-42-28-31(40-41-42)29-61-26-25-60-24-23-59-22-21-58-20-19-57-18-17-56-16-15-55-14-13-54-12-4-5-30-6-7-32(43(50)51)27-34(30)44(52)53;1-2-6-33-8-10-35-12-14-37-16-18-39-20-21-40-19-17-38-15-13-36-11-9-34-7-5-26-24-4-3-23(27(29)30)22-25(24)28(31)32;1-14(10-8-9-13-22-25-21)23-18(28)24-15(17(27)30-20(5,6)7)11-12-16(26)29-19(2,3)4;2-1-3/h6-7,27-28,33H,1-5,8-26,29H2,(H,45,46)(H,47,48)(H2,38,39,49);1,3-4,22,26H,5-21H2;14-15H,8-13H2,1-7H3,(H2,23,24,28);/t33-;;14-,15+;/m0.1./s1. The van der Waals surface area contributed by atoms with Crippen LogP contribution < -0.4 is 26.6 Å². The Morgan fingerprint density at radius 2 is 0.940 bits per heavy atom. The van der Waals surface area contributed by atoms with E-state index >= 15 is 0 Å². The van der Waals surface area contributed by atoms with Crippen molar-refractivity contribution in [3.05, 3.63) is 105 Å². The summed E-state index contributed by atoms with van der Waals surface area (Å²) in [6, 6.07) is 3.50. The first-order valence-corrected chi connectivity index (χ1v) is 43.4. The number of carbonyl (C=O) groups excluding carboxylic acids is 6. The number of anilines is 1. The Kier molecular flexibility index (Phi) is 74.9. The number of hydrogen-bond acceptors (Lipinski definition) is 38. The van der Waals surface area contributed by atoms with E-state index < -0.39 is 78.9 Å². The number of ether oxygens (including phenoxy) is 18. The molecule has 0 spiro atoms. The zero-order chi connectivity index (χ0) is 99.5. The van der Waals surface area contributed by atoms with Gasteiger partial charge in [0.25, 0.3) is 22.7 Å². The van der Waals surface area contributed by atoms with Crippen molar-refractivity contribution in [2.45, 2.75) is 168 Å². The maximum atomic E-state index is 12.5. The number of aryl methyl sites for hydroxylation is 2. The number of carboxylic acid groups (broad SMARTS) is 2. The molecule has 0 aliphatic rings. The number of aromatic nitrogens is 3. The number of carboxylic acids is 2. The number of hydrogen-bond donors (Lipinski definition) is 7. The molecule has 1 heterocycles. The highest BCUT2D eigenvalue weighted by Crippen LogP contribution is 2.29. The molecule has 3 atom stereocenters. The second-order valence-electron chi connectivity index (χ2n) is 30.0. The molecule has 4 amide bonds. The fourth-order valence-electron chi connectivity index (χ4n) is 10.5. The molecule has 51 nitrogen and oxygen atoms in total. The minimum Gasteiger partial charge on any atom is -0.481 e. The van der Waals surface area contributed by atoms with Gasteiger partial charge in [0.05, 0.1) is 236 Å². The minimum atomic E-state index is -1.29. The number of terminal acetylenes is 1. The number of esters is 2. The number of urea groups is 2. The Bertz CT molecular complexity index is 3840. The molecular weight excluding hydrogens is 1780 g/mol. The molecule has 134 heavy (non-hydrogen) atoms. The summed E-state index contributed by atoms with van der Waals surface area (Å²) >= 11 is 0. The van der Waals surface area contributed by atoms with Crippen molar-refractivity contribution in [3.8, 4) is 12.3 Å². The van der Waals surface area contributed by atoms with Gasteiger partial charge in [-0.2, -0.15) is 9.59 Å². The quantitative estimate of drug-likeness (QED) is 0.00428. The first-order chi connectivity index (χ1) is 64.3. The number of amides is 4. The maximum absolute atomic E-state index is 12.5. The summed E-state index contributed by atoms with van der Waals surface area (Å²) in [4.78, 5) is 131. The average molecular weight is 1920 g/mol. The van der Waals surface area contributed by atoms with Gasteiger partial charge in [-0.25, -0.2) is 19.2 Å². The van der Waals surface area contributed by atoms with Gasteiger partial charge in [-0.1, -0.05) is 22.7 Å². The molecule has 0 aliphatic heterocycles. The first kappa shape index (κ1) is 123. The summed E-state index contributed by atoms with van der Waals surface area (Å²) in [5.41, 5.74) is 6.90. The lowest BCUT2D eigenvalue weighted by atomic mass is 10.1.